The highest BCUT2D eigenvalue weighted by atomic mass is 16.5. The first-order valence-corrected chi connectivity index (χ1v) is 6.07. The molecule has 1 heterocycles. The highest BCUT2D eigenvalue weighted by molar-refractivity contribution is 5.80. The molecule has 0 aromatic carbocycles. The van der Waals surface area contributed by atoms with E-state index in [1.165, 1.54) is 7.11 Å². The molecule has 1 aliphatic heterocycles. The van der Waals surface area contributed by atoms with E-state index < -0.39 is 11.5 Å². The third-order valence-corrected chi connectivity index (χ3v) is 2.96. The van der Waals surface area contributed by atoms with Crippen LogP contribution >= 0.6 is 0 Å². The number of rotatable bonds is 6. The summed E-state index contributed by atoms with van der Waals surface area (Å²) in [6.45, 7) is 2.93. The molecule has 1 aliphatic rings. The van der Waals surface area contributed by atoms with E-state index in [1.807, 2.05) is 0 Å². The molecule has 0 saturated carbocycles. The Morgan fingerprint density at radius 3 is 2.78 bits per heavy atom. The van der Waals surface area contributed by atoms with Gasteiger partial charge < -0.3 is 19.9 Å². The monoisotopic (exact) mass is 259 g/mol. The summed E-state index contributed by atoms with van der Waals surface area (Å²) in [5, 5.41) is 11.6. The lowest BCUT2D eigenvalue weighted by atomic mass is 9.95. The molecule has 104 valence electrons. The zero-order chi connectivity index (χ0) is 13.6. The molecule has 1 fully saturated rings. The summed E-state index contributed by atoms with van der Waals surface area (Å²) >= 11 is 0. The average molecular weight is 259 g/mol. The summed E-state index contributed by atoms with van der Waals surface area (Å²) in [5.41, 5.74) is -0.880. The molecule has 0 aliphatic carbocycles. The second-order valence-corrected chi connectivity index (χ2v) is 4.97. The third-order valence-electron chi connectivity index (χ3n) is 2.96. The van der Waals surface area contributed by atoms with E-state index >= 15 is 0 Å². The predicted molar refractivity (Wildman–Crippen MR) is 64.2 cm³/mol. The molecule has 2 N–H and O–H groups in total. The number of hydrogen-bond donors (Lipinski definition) is 2. The number of carboxylic acids is 1. The Hall–Kier alpha value is -1.14. The largest absolute Gasteiger partial charge is 0.481 e. The highest BCUT2D eigenvalue weighted by Crippen LogP contribution is 2.17. The van der Waals surface area contributed by atoms with Crippen LogP contribution in [-0.4, -0.2) is 49.5 Å². The van der Waals surface area contributed by atoms with Crippen LogP contribution in [0.25, 0.3) is 0 Å². The van der Waals surface area contributed by atoms with Crippen LogP contribution in [0.4, 0.5) is 0 Å². The summed E-state index contributed by atoms with van der Waals surface area (Å²) in [6, 6.07) is 0. The van der Waals surface area contributed by atoms with Crippen LogP contribution in [0.5, 0.6) is 0 Å². The lowest BCUT2D eigenvalue weighted by Crippen LogP contribution is -2.53. The Kier molecular flexibility index (Phi) is 5.55. The number of carbonyl (C=O) groups is 2. The van der Waals surface area contributed by atoms with Crippen LogP contribution in [-0.2, 0) is 19.1 Å². The first-order valence-electron chi connectivity index (χ1n) is 6.07. The van der Waals surface area contributed by atoms with Gasteiger partial charge in [0.05, 0.1) is 31.1 Å². The van der Waals surface area contributed by atoms with E-state index in [1.54, 1.807) is 6.92 Å². The fourth-order valence-electron chi connectivity index (χ4n) is 2.13. The van der Waals surface area contributed by atoms with E-state index in [4.69, 9.17) is 14.6 Å². The molecule has 6 heteroatoms. The summed E-state index contributed by atoms with van der Waals surface area (Å²) in [6.07, 6.45) is 1.47. The maximum absolute atomic E-state index is 12.0. The number of nitrogens with one attached hydrogen (secondary N) is 1. The molecular weight excluding hydrogens is 238 g/mol. The highest BCUT2D eigenvalue weighted by Gasteiger charge is 2.32. The van der Waals surface area contributed by atoms with Crippen molar-refractivity contribution < 1.29 is 24.2 Å². The van der Waals surface area contributed by atoms with Gasteiger partial charge in [0, 0.05) is 13.7 Å². The number of hydrogen-bond acceptors (Lipinski definition) is 4. The number of amides is 1. The second-order valence-electron chi connectivity index (χ2n) is 4.97. The molecule has 0 aromatic rings. The molecular formula is C12H21NO5. The van der Waals surface area contributed by atoms with Crippen LogP contribution in [0.2, 0.25) is 0 Å². The fraction of sp³-hybridized carbons (Fsp3) is 0.833. The van der Waals surface area contributed by atoms with Crippen LogP contribution < -0.4 is 5.32 Å². The number of carbonyl (C=O) groups excluding carboxylic acids is 1. The van der Waals surface area contributed by atoms with Gasteiger partial charge in [-0.15, -0.1) is 0 Å². The zero-order valence-electron chi connectivity index (χ0n) is 10.9. The Morgan fingerprint density at radius 1 is 1.56 bits per heavy atom. The molecule has 2 unspecified atom stereocenters. The van der Waals surface area contributed by atoms with Gasteiger partial charge in [-0.3, -0.25) is 9.59 Å². The molecule has 0 spiro atoms. The van der Waals surface area contributed by atoms with Crippen molar-refractivity contribution in [3.05, 3.63) is 0 Å². The van der Waals surface area contributed by atoms with Gasteiger partial charge in [-0.05, 0) is 19.8 Å². The lowest BCUT2D eigenvalue weighted by Gasteiger charge is -2.31. The fourth-order valence-corrected chi connectivity index (χ4v) is 2.13. The molecule has 0 aromatic heterocycles. The van der Waals surface area contributed by atoms with Gasteiger partial charge >= 0.3 is 5.97 Å². The van der Waals surface area contributed by atoms with Crippen molar-refractivity contribution in [1.82, 2.24) is 5.32 Å². The molecule has 0 bridgehead atoms. The van der Waals surface area contributed by atoms with Gasteiger partial charge in [-0.1, -0.05) is 0 Å². The number of methoxy groups -OCH3 is 1. The minimum absolute atomic E-state index is 0.157. The van der Waals surface area contributed by atoms with Crippen molar-refractivity contribution in [2.24, 2.45) is 5.92 Å². The Morgan fingerprint density at radius 2 is 2.28 bits per heavy atom. The number of aliphatic carboxylic acids is 1. The van der Waals surface area contributed by atoms with Crippen LogP contribution in [0.3, 0.4) is 0 Å². The summed E-state index contributed by atoms with van der Waals surface area (Å²) in [7, 11) is 1.48. The molecule has 1 amide bonds. The van der Waals surface area contributed by atoms with Crippen molar-refractivity contribution in [1.29, 1.82) is 0 Å². The van der Waals surface area contributed by atoms with Gasteiger partial charge in [0.25, 0.3) is 0 Å². The van der Waals surface area contributed by atoms with Crippen molar-refractivity contribution in [3.8, 4) is 0 Å². The maximum atomic E-state index is 12.0. The topological polar surface area (TPSA) is 84.9 Å². The van der Waals surface area contributed by atoms with E-state index in [9.17, 15) is 9.59 Å². The molecule has 0 radical (unpaired) electrons. The number of ether oxygens (including phenoxy) is 2. The quantitative estimate of drug-likeness (QED) is 0.721. The van der Waals surface area contributed by atoms with Crippen LogP contribution in [0.1, 0.15) is 26.2 Å². The third kappa shape index (κ3) is 4.62. The molecule has 18 heavy (non-hydrogen) atoms. The van der Waals surface area contributed by atoms with Crippen LogP contribution in [0.15, 0.2) is 0 Å². The van der Waals surface area contributed by atoms with Crippen molar-refractivity contribution >= 4 is 11.9 Å². The van der Waals surface area contributed by atoms with Crippen molar-refractivity contribution in [2.45, 2.75) is 31.7 Å². The van der Waals surface area contributed by atoms with Crippen molar-refractivity contribution in [2.75, 3.05) is 26.9 Å². The lowest BCUT2D eigenvalue weighted by molar-refractivity contribution is -0.140. The first-order chi connectivity index (χ1) is 8.47. The van der Waals surface area contributed by atoms with E-state index in [2.05, 4.69) is 5.32 Å². The van der Waals surface area contributed by atoms with E-state index in [0.29, 0.717) is 13.2 Å². The van der Waals surface area contributed by atoms with Crippen LogP contribution in [0, 0.1) is 5.92 Å². The summed E-state index contributed by atoms with van der Waals surface area (Å²) < 4.78 is 10.2. The van der Waals surface area contributed by atoms with Gasteiger partial charge in [-0.25, -0.2) is 0 Å². The molecule has 1 rings (SSSR count). The second kappa shape index (κ2) is 6.70. The molecule has 1 saturated heterocycles. The van der Waals surface area contributed by atoms with Gasteiger partial charge in [0.2, 0.25) is 5.91 Å². The zero-order valence-corrected chi connectivity index (χ0v) is 10.9. The van der Waals surface area contributed by atoms with E-state index in [-0.39, 0.29) is 24.9 Å². The predicted octanol–water partition coefficient (Wildman–Crippen LogP) is 0.409. The summed E-state index contributed by atoms with van der Waals surface area (Å²) in [4.78, 5) is 22.8. The standard InChI is InChI=1S/C12H21NO5/c1-12(8-17-2,6-10(14)15)13-11(16)9-4-3-5-18-7-9/h9H,3-8H2,1-2H3,(H,13,16)(H,14,15). The molecule has 2 atom stereocenters. The summed E-state index contributed by atoms with van der Waals surface area (Å²) in [5.74, 6) is -1.31. The Labute approximate surface area is 107 Å². The SMILES string of the molecule is COCC(C)(CC(=O)O)NC(=O)C1CCCOC1. The number of carboxylic acid groups (broad SMARTS) is 1. The minimum Gasteiger partial charge on any atom is -0.481 e. The Bertz CT molecular complexity index is 301. The normalized spacial score (nSPS) is 23.1. The maximum Gasteiger partial charge on any atom is 0.305 e. The van der Waals surface area contributed by atoms with Gasteiger partial charge in [-0.2, -0.15) is 0 Å². The van der Waals surface area contributed by atoms with Gasteiger partial charge in [0.1, 0.15) is 0 Å². The average Bonchev–Trinajstić information content (AvgIpc) is 2.28. The smallest absolute Gasteiger partial charge is 0.305 e. The van der Waals surface area contributed by atoms with Gasteiger partial charge in [0.15, 0.2) is 0 Å². The minimum atomic E-state index is -0.963. The molecule has 6 nitrogen and oxygen atoms in total. The van der Waals surface area contributed by atoms with E-state index in [0.717, 1.165) is 12.8 Å². The first kappa shape index (κ1) is 14.9. The Balaban J connectivity index is 2.58. The van der Waals surface area contributed by atoms with Crippen molar-refractivity contribution in [3.63, 3.8) is 0 Å².